The number of phenolic OH excluding ortho intramolecular Hbond substituents is 1. The number of hydrogen-bond donors (Lipinski definition) is 2. The Balaban J connectivity index is 2.42. The molecule has 0 fully saturated rings. The number of hydrogen-bond acceptors (Lipinski definition) is 2. The number of imidazole rings is 1. The van der Waals surface area contributed by atoms with Gasteiger partial charge in [0.05, 0.1) is 16.7 Å². The van der Waals surface area contributed by atoms with Gasteiger partial charge in [-0.3, -0.25) is 4.57 Å². The molecule has 0 spiro atoms. The van der Waals surface area contributed by atoms with Crippen LogP contribution in [-0.4, -0.2) is 14.7 Å². The highest BCUT2D eigenvalue weighted by molar-refractivity contribution is 5.79. The fraction of sp³-hybridized carbons (Fsp3) is 0.0714. The van der Waals surface area contributed by atoms with E-state index in [2.05, 4.69) is 4.98 Å². The number of aromatic nitrogens is 2. The SMILES string of the molecule is Cc1ccccc1-n1c(=O)[nH]c2ccc(O)cc21. The lowest BCUT2D eigenvalue weighted by Crippen LogP contribution is -2.15. The fourth-order valence-electron chi connectivity index (χ4n) is 2.14. The number of aromatic amines is 1. The Labute approximate surface area is 103 Å². The largest absolute Gasteiger partial charge is 0.508 e. The number of H-pyrrole nitrogens is 1. The van der Waals surface area contributed by atoms with Crippen LogP contribution in [0.25, 0.3) is 16.7 Å². The number of para-hydroxylation sites is 1. The second-order valence-electron chi connectivity index (χ2n) is 4.25. The van der Waals surface area contributed by atoms with Crippen molar-refractivity contribution in [2.75, 3.05) is 0 Å². The molecule has 0 radical (unpaired) electrons. The summed E-state index contributed by atoms with van der Waals surface area (Å²) in [6.07, 6.45) is 0. The van der Waals surface area contributed by atoms with Crippen LogP contribution in [0.2, 0.25) is 0 Å². The quantitative estimate of drug-likeness (QED) is 0.685. The van der Waals surface area contributed by atoms with E-state index >= 15 is 0 Å². The molecular formula is C14H12N2O2. The lowest BCUT2D eigenvalue weighted by molar-refractivity contribution is 0.476. The zero-order chi connectivity index (χ0) is 12.7. The molecule has 1 aromatic heterocycles. The number of rotatable bonds is 1. The van der Waals surface area contributed by atoms with E-state index in [4.69, 9.17) is 0 Å². The first-order chi connectivity index (χ1) is 8.66. The van der Waals surface area contributed by atoms with Gasteiger partial charge >= 0.3 is 5.69 Å². The van der Waals surface area contributed by atoms with Crippen LogP contribution in [0.4, 0.5) is 0 Å². The van der Waals surface area contributed by atoms with Gasteiger partial charge < -0.3 is 10.1 Å². The Morgan fingerprint density at radius 2 is 1.94 bits per heavy atom. The number of phenols is 1. The molecule has 4 heteroatoms. The van der Waals surface area contributed by atoms with E-state index < -0.39 is 0 Å². The first kappa shape index (κ1) is 10.7. The monoisotopic (exact) mass is 240 g/mol. The van der Waals surface area contributed by atoms with E-state index in [-0.39, 0.29) is 11.4 Å². The lowest BCUT2D eigenvalue weighted by Gasteiger charge is -2.06. The molecular weight excluding hydrogens is 228 g/mol. The number of benzene rings is 2. The maximum atomic E-state index is 12.0. The topological polar surface area (TPSA) is 58.0 Å². The van der Waals surface area contributed by atoms with E-state index in [0.29, 0.717) is 11.0 Å². The normalized spacial score (nSPS) is 10.9. The van der Waals surface area contributed by atoms with Gasteiger partial charge in [-0.1, -0.05) is 18.2 Å². The van der Waals surface area contributed by atoms with Gasteiger partial charge in [0.2, 0.25) is 0 Å². The second kappa shape index (κ2) is 3.77. The van der Waals surface area contributed by atoms with Crippen molar-refractivity contribution in [1.29, 1.82) is 0 Å². The molecule has 0 aliphatic heterocycles. The van der Waals surface area contributed by atoms with E-state index in [9.17, 15) is 9.90 Å². The van der Waals surface area contributed by atoms with Crippen LogP contribution in [0, 0.1) is 6.92 Å². The maximum absolute atomic E-state index is 12.0. The highest BCUT2D eigenvalue weighted by Gasteiger charge is 2.10. The number of aryl methyl sites for hydroxylation is 1. The maximum Gasteiger partial charge on any atom is 0.331 e. The van der Waals surface area contributed by atoms with Crippen LogP contribution in [0.1, 0.15) is 5.56 Å². The molecule has 0 bridgehead atoms. The Morgan fingerprint density at radius 1 is 1.17 bits per heavy atom. The molecule has 0 unspecified atom stereocenters. The van der Waals surface area contributed by atoms with Gasteiger partial charge in [0, 0.05) is 6.07 Å². The summed E-state index contributed by atoms with van der Waals surface area (Å²) in [4.78, 5) is 14.8. The Morgan fingerprint density at radius 3 is 2.72 bits per heavy atom. The summed E-state index contributed by atoms with van der Waals surface area (Å²) in [7, 11) is 0. The van der Waals surface area contributed by atoms with Crippen LogP contribution in [0.5, 0.6) is 5.75 Å². The molecule has 0 aliphatic rings. The molecule has 4 nitrogen and oxygen atoms in total. The molecule has 2 N–H and O–H groups in total. The Hall–Kier alpha value is -2.49. The molecule has 1 heterocycles. The standard InChI is InChI=1S/C14H12N2O2/c1-9-4-2-3-5-12(9)16-13-8-10(17)6-7-11(13)15-14(16)18/h2-8,17H,1H3,(H,15,18). The molecule has 0 aliphatic carbocycles. The zero-order valence-corrected chi connectivity index (χ0v) is 9.84. The molecule has 90 valence electrons. The van der Waals surface area contributed by atoms with Crippen molar-refractivity contribution in [1.82, 2.24) is 9.55 Å². The van der Waals surface area contributed by atoms with Crippen LogP contribution in [0.15, 0.2) is 47.3 Å². The van der Waals surface area contributed by atoms with Gasteiger partial charge in [-0.05, 0) is 30.7 Å². The van der Waals surface area contributed by atoms with Gasteiger partial charge in [0.1, 0.15) is 5.75 Å². The van der Waals surface area contributed by atoms with Gasteiger partial charge in [0.15, 0.2) is 0 Å². The van der Waals surface area contributed by atoms with E-state index in [1.54, 1.807) is 22.8 Å². The minimum atomic E-state index is -0.204. The average Bonchev–Trinajstić information content (AvgIpc) is 2.66. The first-order valence-electron chi connectivity index (χ1n) is 5.66. The Kier molecular flexibility index (Phi) is 2.23. The van der Waals surface area contributed by atoms with Crippen molar-refractivity contribution in [3.8, 4) is 11.4 Å². The van der Waals surface area contributed by atoms with Crippen molar-refractivity contribution >= 4 is 11.0 Å². The van der Waals surface area contributed by atoms with E-state index in [1.807, 2.05) is 31.2 Å². The zero-order valence-electron chi connectivity index (χ0n) is 9.84. The third-order valence-electron chi connectivity index (χ3n) is 3.02. The highest BCUT2D eigenvalue weighted by atomic mass is 16.3. The molecule has 3 rings (SSSR count). The number of nitrogens with one attached hydrogen (secondary N) is 1. The van der Waals surface area contributed by atoms with Crippen LogP contribution in [0.3, 0.4) is 0 Å². The summed E-state index contributed by atoms with van der Waals surface area (Å²) in [6.45, 7) is 1.95. The Bertz CT molecular complexity index is 784. The summed E-state index contributed by atoms with van der Waals surface area (Å²) < 4.78 is 1.57. The van der Waals surface area contributed by atoms with E-state index in [0.717, 1.165) is 11.3 Å². The molecule has 0 saturated carbocycles. The van der Waals surface area contributed by atoms with Crippen LogP contribution in [-0.2, 0) is 0 Å². The van der Waals surface area contributed by atoms with Gasteiger partial charge in [0.25, 0.3) is 0 Å². The molecule has 2 aromatic carbocycles. The third kappa shape index (κ3) is 1.50. The van der Waals surface area contributed by atoms with Crippen molar-refractivity contribution in [3.05, 3.63) is 58.5 Å². The van der Waals surface area contributed by atoms with Gasteiger partial charge in [-0.2, -0.15) is 0 Å². The smallest absolute Gasteiger partial charge is 0.331 e. The molecule has 0 atom stereocenters. The summed E-state index contributed by atoms with van der Waals surface area (Å²) in [5.74, 6) is 0.142. The minimum absolute atomic E-state index is 0.142. The molecule has 0 saturated heterocycles. The number of fused-ring (bicyclic) bond motifs is 1. The summed E-state index contributed by atoms with van der Waals surface area (Å²) in [5.41, 5.74) is 3.00. The molecule has 18 heavy (non-hydrogen) atoms. The summed E-state index contributed by atoms with van der Waals surface area (Å²) in [5, 5.41) is 9.55. The molecule has 3 aromatic rings. The van der Waals surface area contributed by atoms with Gasteiger partial charge in [-0.25, -0.2) is 4.79 Å². The van der Waals surface area contributed by atoms with Crippen molar-refractivity contribution in [3.63, 3.8) is 0 Å². The first-order valence-corrected chi connectivity index (χ1v) is 5.66. The fourth-order valence-corrected chi connectivity index (χ4v) is 2.14. The third-order valence-corrected chi connectivity index (χ3v) is 3.02. The number of aromatic hydroxyl groups is 1. The van der Waals surface area contributed by atoms with Crippen LogP contribution < -0.4 is 5.69 Å². The lowest BCUT2D eigenvalue weighted by atomic mass is 10.2. The predicted octanol–water partition coefficient (Wildman–Crippen LogP) is 2.33. The average molecular weight is 240 g/mol. The second-order valence-corrected chi connectivity index (χ2v) is 4.25. The van der Waals surface area contributed by atoms with Crippen LogP contribution >= 0.6 is 0 Å². The summed E-state index contributed by atoms with van der Waals surface area (Å²) >= 11 is 0. The minimum Gasteiger partial charge on any atom is -0.508 e. The van der Waals surface area contributed by atoms with Gasteiger partial charge in [-0.15, -0.1) is 0 Å². The van der Waals surface area contributed by atoms with Crippen molar-refractivity contribution in [2.24, 2.45) is 0 Å². The number of nitrogens with zero attached hydrogens (tertiary/aromatic N) is 1. The molecule has 0 amide bonds. The van der Waals surface area contributed by atoms with E-state index in [1.165, 1.54) is 0 Å². The summed E-state index contributed by atoms with van der Waals surface area (Å²) in [6, 6.07) is 12.5. The van der Waals surface area contributed by atoms with Crippen molar-refractivity contribution < 1.29 is 5.11 Å². The predicted molar refractivity (Wildman–Crippen MR) is 70.3 cm³/mol. The van der Waals surface area contributed by atoms with Crippen molar-refractivity contribution in [2.45, 2.75) is 6.92 Å². The highest BCUT2D eigenvalue weighted by Crippen LogP contribution is 2.21.